The molecule has 0 saturated heterocycles. The lowest BCUT2D eigenvalue weighted by Gasteiger charge is -2.26. The summed E-state index contributed by atoms with van der Waals surface area (Å²) >= 11 is 0. The summed E-state index contributed by atoms with van der Waals surface area (Å²) in [5, 5.41) is 0. The summed E-state index contributed by atoms with van der Waals surface area (Å²) in [7, 11) is 0. The number of benzene rings is 1. The van der Waals surface area contributed by atoms with Gasteiger partial charge in [0.2, 0.25) is 0 Å². The van der Waals surface area contributed by atoms with Crippen LogP contribution in [0.1, 0.15) is 53.7 Å². The van der Waals surface area contributed by atoms with Gasteiger partial charge in [0.1, 0.15) is 0 Å². The summed E-state index contributed by atoms with van der Waals surface area (Å²) < 4.78 is 0. The Morgan fingerprint density at radius 2 is 1.84 bits per heavy atom. The predicted octanol–water partition coefficient (Wildman–Crippen LogP) is 3.10. The van der Waals surface area contributed by atoms with E-state index in [4.69, 9.17) is 5.73 Å². The largest absolute Gasteiger partial charge is 0.319 e. The average molecular weight is 253 g/mol. The molecular formula is C16H19N3. The Morgan fingerprint density at radius 1 is 1.11 bits per heavy atom. The van der Waals surface area contributed by atoms with Crippen LogP contribution in [0.5, 0.6) is 0 Å². The molecule has 1 saturated carbocycles. The molecule has 3 rings (SSSR count). The van der Waals surface area contributed by atoms with Crippen molar-refractivity contribution in [2.45, 2.75) is 38.1 Å². The molecule has 3 nitrogen and oxygen atoms in total. The van der Waals surface area contributed by atoms with E-state index in [0.717, 1.165) is 22.9 Å². The third kappa shape index (κ3) is 2.51. The standard InChI is InChI=1S/C16H19N3/c1-11-9-19-15(10-18-11)16(17)14-7-5-13(6-8-14)12-3-2-4-12/h5-10,12,16H,2-4,17H2,1H3. The van der Waals surface area contributed by atoms with E-state index in [2.05, 4.69) is 34.2 Å². The minimum absolute atomic E-state index is 0.191. The van der Waals surface area contributed by atoms with E-state index in [-0.39, 0.29) is 6.04 Å². The van der Waals surface area contributed by atoms with Crippen LogP contribution < -0.4 is 5.73 Å². The molecule has 1 atom stereocenters. The highest BCUT2D eigenvalue weighted by Crippen LogP contribution is 2.36. The Morgan fingerprint density at radius 3 is 2.37 bits per heavy atom. The SMILES string of the molecule is Cc1cnc(C(N)c2ccc(C3CCC3)cc2)cn1. The van der Waals surface area contributed by atoms with Crippen molar-refractivity contribution in [3.63, 3.8) is 0 Å². The molecule has 1 aliphatic carbocycles. The minimum atomic E-state index is -0.191. The van der Waals surface area contributed by atoms with E-state index in [0.29, 0.717) is 0 Å². The maximum Gasteiger partial charge on any atom is 0.0799 e. The lowest BCUT2D eigenvalue weighted by atomic mass is 9.80. The first-order valence-electron chi connectivity index (χ1n) is 6.88. The Kier molecular flexibility index (Phi) is 3.30. The summed E-state index contributed by atoms with van der Waals surface area (Å²) in [6.07, 6.45) is 7.55. The van der Waals surface area contributed by atoms with Crippen molar-refractivity contribution >= 4 is 0 Å². The predicted molar refractivity (Wildman–Crippen MR) is 75.8 cm³/mol. The molecule has 2 N–H and O–H groups in total. The maximum atomic E-state index is 6.24. The van der Waals surface area contributed by atoms with Gasteiger partial charge in [-0.1, -0.05) is 30.7 Å². The van der Waals surface area contributed by atoms with E-state index < -0.39 is 0 Å². The van der Waals surface area contributed by atoms with Crippen molar-refractivity contribution in [1.29, 1.82) is 0 Å². The zero-order valence-electron chi connectivity index (χ0n) is 11.2. The number of hydrogen-bond donors (Lipinski definition) is 1. The van der Waals surface area contributed by atoms with Gasteiger partial charge in [0.25, 0.3) is 0 Å². The monoisotopic (exact) mass is 253 g/mol. The van der Waals surface area contributed by atoms with Crippen LogP contribution in [0.15, 0.2) is 36.7 Å². The van der Waals surface area contributed by atoms with Crippen LogP contribution in [-0.4, -0.2) is 9.97 Å². The van der Waals surface area contributed by atoms with Crippen LogP contribution in [-0.2, 0) is 0 Å². The fraction of sp³-hybridized carbons (Fsp3) is 0.375. The molecule has 0 amide bonds. The fourth-order valence-corrected chi connectivity index (χ4v) is 2.45. The molecule has 1 aliphatic rings. The van der Waals surface area contributed by atoms with Crippen LogP contribution in [0.4, 0.5) is 0 Å². The van der Waals surface area contributed by atoms with Crippen LogP contribution in [0, 0.1) is 6.92 Å². The van der Waals surface area contributed by atoms with Gasteiger partial charge in [-0.3, -0.25) is 9.97 Å². The topological polar surface area (TPSA) is 51.8 Å². The molecule has 0 spiro atoms. The van der Waals surface area contributed by atoms with Crippen molar-refractivity contribution in [3.8, 4) is 0 Å². The van der Waals surface area contributed by atoms with E-state index >= 15 is 0 Å². The van der Waals surface area contributed by atoms with Gasteiger partial charge in [0.05, 0.1) is 23.6 Å². The molecule has 0 bridgehead atoms. The molecule has 3 heteroatoms. The third-order valence-corrected chi connectivity index (χ3v) is 3.99. The third-order valence-electron chi connectivity index (χ3n) is 3.99. The Bertz CT molecular complexity index is 541. The van der Waals surface area contributed by atoms with Crippen LogP contribution in [0.2, 0.25) is 0 Å². The number of nitrogens with two attached hydrogens (primary N) is 1. The number of rotatable bonds is 3. The molecule has 0 radical (unpaired) electrons. The zero-order chi connectivity index (χ0) is 13.2. The smallest absolute Gasteiger partial charge is 0.0799 e. The van der Waals surface area contributed by atoms with E-state index in [9.17, 15) is 0 Å². The molecule has 19 heavy (non-hydrogen) atoms. The molecule has 1 aromatic heterocycles. The molecular weight excluding hydrogens is 234 g/mol. The summed E-state index contributed by atoms with van der Waals surface area (Å²) in [5.41, 5.74) is 10.5. The second-order valence-electron chi connectivity index (χ2n) is 5.35. The Hall–Kier alpha value is -1.74. The first-order chi connectivity index (χ1) is 9.24. The molecule has 0 aliphatic heterocycles. The van der Waals surface area contributed by atoms with Gasteiger partial charge in [0, 0.05) is 6.20 Å². The number of aryl methyl sites for hydroxylation is 1. The van der Waals surface area contributed by atoms with Crippen LogP contribution in [0.25, 0.3) is 0 Å². The second-order valence-corrected chi connectivity index (χ2v) is 5.35. The highest BCUT2D eigenvalue weighted by atomic mass is 14.8. The van der Waals surface area contributed by atoms with Crippen molar-refractivity contribution < 1.29 is 0 Å². The van der Waals surface area contributed by atoms with Gasteiger partial charge in [-0.25, -0.2) is 0 Å². The molecule has 2 aromatic rings. The zero-order valence-corrected chi connectivity index (χ0v) is 11.2. The van der Waals surface area contributed by atoms with Crippen LogP contribution >= 0.6 is 0 Å². The minimum Gasteiger partial charge on any atom is -0.319 e. The average Bonchev–Trinajstić information content (AvgIpc) is 2.38. The lowest BCUT2D eigenvalue weighted by Crippen LogP contribution is -2.14. The highest BCUT2D eigenvalue weighted by Gasteiger charge is 2.19. The second kappa shape index (κ2) is 5.10. The number of aromatic nitrogens is 2. The van der Waals surface area contributed by atoms with Gasteiger partial charge < -0.3 is 5.73 Å². The summed E-state index contributed by atoms with van der Waals surface area (Å²) in [4.78, 5) is 8.60. The molecule has 98 valence electrons. The summed E-state index contributed by atoms with van der Waals surface area (Å²) in [6, 6.07) is 8.48. The Labute approximate surface area is 113 Å². The fourth-order valence-electron chi connectivity index (χ4n) is 2.45. The first-order valence-corrected chi connectivity index (χ1v) is 6.88. The molecule has 1 fully saturated rings. The Balaban J connectivity index is 1.79. The van der Waals surface area contributed by atoms with E-state index in [1.54, 1.807) is 12.4 Å². The first kappa shape index (κ1) is 12.3. The van der Waals surface area contributed by atoms with E-state index in [1.807, 2.05) is 6.92 Å². The van der Waals surface area contributed by atoms with Crippen LogP contribution in [0.3, 0.4) is 0 Å². The van der Waals surface area contributed by atoms with Gasteiger partial charge in [-0.05, 0) is 36.8 Å². The van der Waals surface area contributed by atoms with Crippen molar-refractivity contribution in [2.24, 2.45) is 5.73 Å². The van der Waals surface area contributed by atoms with Crippen molar-refractivity contribution in [1.82, 2.24) is 9.97 Å². The summed E-state index contributed by atoms with van der Waals surface area (Å²) in [6.45, 7) is 1.93. The number of nitrogens with zero attached hydrogens (tertiary/aromatic N) is 2. The molecule has 1 unspecified atom stereocenters. The normalized spacial score (nSPS) is 16.9. The van der Waals surface area contributed by atoms with Crippen molar-refractivity contribution in [3.05, 3.63) is 59.2 Å². The highest BCUT2D eigenvalue weighted by molar-refractivity contribution is 5.31. The molecule has 1 heterocycles. The van der Waals surface area contributed by atoms with Gasteiger partial charge in [0.15, 0.2) is 0 Å². The maximum absolute atomic E-state index is 6.24. The van der Waals surface area contributed by atoms with Gasteiger partial charge >= 0.3 is 0 Å². The lowest BCUT2D eigenvalue weighted by molar-refractivity contribution is 0.419. The van der Waals surface area contributed by atoms with E-state index in [1.165, 1.54) is 24.8 Å². The quantitative estimate of drug-likeness (QED) is 0.914. The summed E-state index contributed by atoms with van der Waals surface area (Å²) in [5.74, 6) is 0.768. The van der Waals surface area contributed by atoms with Gasteiger partial charge in [-0.2, -0.15) is 0 Å². The van der Waals surface area contributed by atoms with Gasteiger partial charge in [-0.15, -0.1) is 0 Å². The molecule has 1 aromatic carbocycles. The number of hydrogen-bond acceptors (Lipinski definition) is 3. The van der Waals surface area contributed by atoms with Crippen molar-refractivity contribution in [2.75, 3.05) is 0 Å².